The zero-order valence-electron chi connectivity index (χ0n) is 16.6. The number of amides is 2. The maximum atomic E-state index is 13.1. The minimum atomic E-state index is -3.80. The van der Waals surface area contributed by atoms with Crippen LogP contribution in [0.15, 0.2) is 29.2 Å². The first kappa shape index (κ1) is 21.7. The Bertz CT molecular complexity index is 838. The number of benzene rings is 1. The predicted octanol–water partition coefficient (Wildman–Crippen LogP) is 1.79. The normalized spacial score (nSPS) is 22.2. The van der Waals surface area contributed by atoms with E-state index < -0.39 is 27.8 Å². The summed E-state index contributed by atoms with van der Waals surface area (Å²) in [6, 6.07) is 4.16. The Balaban J connectivity index is 1.58. The fraction of sp³-hybridized carbons (Fsp3) is 0.600. The van der Waals surface area contributed by atoms with Crippen LogP contribution in [0.3, 0.4) is 0 Å². The lowest BCUT2D eigenvalue weighted by Crippen LogP contribution is -2.51. The minimum Gasteiger partial charge on any atom is -0.352 e. The van der Waals surface area contributed by atoms with Crippen LogP contribution in [0.5, 0.6) is 0 Å². The first-order valence-electron chi connectivity index (χ1n) is 10.1. The molecule has 1 aromatic carbocycles. The highest BCUT2D eigenvalue weighted by molar-refractivity contribution is 7.89. The zero-order chi connectivity index (χ0) is 21.0. The van der Waals surface area contributed by atoms with Crippen LogP contribution in [0.1, 0.15) is 45.4 Å². The lowest BCUT2D eigenvalue weighted by Gasteiger charge is -2.31. The van der Waals surface area contributed by atoms with Crippen molar-refractivity contribution in [2.75, 3.05) is 13.1 Å². The van der Waals surface area contributed by atoms with E-state index in [2.05, 4.69) is 10.6 Å². The Morgan fingerprint density at radius 2 is 1.76 bits per heavy atom. The van der Waals surface area contributed by atoms with E-state index in [9.17, 15) is 22.4 Å². The summed E-state index contributed by atoms with van der Waals surface area (Å²) in [4.78, 5) is 24.9. The Morgan fingerprint density at radius 3 is 2.41 bits per heavy atom. The highest BCUT2D eigenvalue weighted by atomic mass is 32.2. The van der Waals surface area contributed by atoms with E-state index in [0.717, 1.165) is 37.8 Å². The topological polar surface area (TPSA) is 95.6 Å². The number of nitrogens with zero attached hydrogens (tertiary/aromatic N) is 1. The van der Waals surface area contributed by atoms with Crippen LogP contribution in [-0.4, -0.2) is 49.7 Å². The van der Waals surface area contributed by atoms with E-state index >= 15 is 0 Å². The van der Waals surface area contributed by atoms with Crippen LogP contribution in [0.25, 0.3) is 0 Å². The van der Waals surface area contributed by atoms with Gasteiger partial charge in [0.25, 0.3) is 0 Å². The average molecular weight is 426 g/mol. The Hall–Kier alpha value is -2.00. The first-order chi connectivity index (χ1) is 13.8. The van der Waals surface area contributed by atoms with E-state index in [-0.39, 0.29) is 29.3 Å². The van der Waals surface area contributed by atoms with Crippen molar-refractivity contribution in [1.82, 2.24) is 14.9 Å². The van der Waals surface area contributed by atoms with Gasteiger partial charge in [0.2, 0.25) is 21.8 Å². The first-order valence-corrected chi connectivity index (χ1v) is 11.6. The molecule has 1 saturated carbocycles. The van der Waals surface area contributed by atoms with E-state index in [1.54, 1.807) is 6.92 Å². The molecule has 2 aliphatic rings. The van der Waals surface area contributed by atoms with Gasteiger partial charge in [-0.05, 0) is 56.9 Å². The lowest BCUT2D eigenvalue weighted by molar-refractivity contribution is -0.131. The number of carbonyl (C=O) groups excluding carboxylic acids is 2. The second-order valence-electron chi connectivity index (χ2n) is 7.88. The SMILES string of the molecule is C[C@H](NC(=O)[C@H]1CCCN(S(=O)(=O)c2ccc(F)cc2)C1)C(=O)NC1CCCC1. The molecule has 2 N–H and O–H groups in total. The van der Waals surface area contributed by atoms with E-state index in [1.165, 1.54) is 16.4 Å². The van der Waals surface area contributed by atoms with Gasteiger partial charge < -0.3 is 10.6 Å². The number of piperidine rings is 1. The van der Waals surface area contributed by atoms with E-state index in [4.69, 9.17) is 0 Å². The summed E-state index contributed by atoms with van der Waals surface area (Å²) in [5.41, 5.74) is 0. The van der Waals surface area contributed by atoms with Crippen molar-refractivity contribution in [2.45, 2.75) is 62.4 Å². The van der Waals surface area contributed by atoms with Gasteiger partial charge in [0, 0.05) is 19.1 Å². The quantitative estimate of drug-likeness (QED) is 0.726. The molecule has 29 heavy (non-hydrogen) atoms. The summed E-state index contributed by atoms with van der Waals surface area (Å²) in [7, 11) is -3.80. The molecule has 0 bridgehead atoms. The summed E-state index contributed by atoms with van der Waals surface area (Å²) in [5, 5.41) is 5.68. The predicted molar refractivity (Wildman–Crippen MR) is 106 cm³/mol. The Morgan fingerprint density at radius 1 is 1.10 bits per heavy atom. The van der Waals surface area contributed by atoms with Crippen LogP contribution in [0.2, 0.25) is 0 Å². The second kappa shape index (κ2) is 9.21. The number of nitrogens with one attached hydrogen (secondary N) is 2. The van der Waals surface area contributed by atoms with Crippen molar-refractivity contribution >= 4 is 21.8 Å². The number of sulfonamides is 1. The summed E-state index contributed by atoms with van der Waals surface area (Å²) >= 11 is 0. The smallest absolute Gasteiger partial charge is 0.243 e. The van der Waals surface area contributed by atoms with E-state index in [1.807, 2.05) is 0 Å². The van der Waals surface area contributed by atoms with Gasteiger partial charge in [-0.1, -0.05) is 12.8 Å². The van der Waals surface area contributed by atoms with Gasteiger partial charge in [-0.25, -0.2) is 12.8 Å². The van der Waals surface area contributed by atoms with Crippen LogP contribution < -0.4 is 10.6 Å². The molecule has 2 amide bonds. The maximum absolute atomic E-state index is 13.1. The fourth-order valence-corrected chi connectivity index (χ4v) is 5.45. The van der Waals surface area contributed by atoms with Crippen LogP contribution in [0.4, 0.5) is 4.39 Å². The summed E-state index contributed by atoms with van der Waals surface area (Å²) < 4.78 is 40.0. The molecule has 9 heteroatoms. The number of hydrogen-bond donors (Lipinski definition) is 2. The van der Waals surface area contributed by atoms with Crippen LogP contribution in [0, 0.1) is 11.7 Å². The molecule has 2 atom stereocenters. The van der Waals surface area contributed by atoms with Gasteiger partial charge in [-0.2, -0.15) is 4.31 Å². The van der Waals surface area contributed by atoms with Gasteiger partial charge in [-0.15, -0.1) is 0 Å². The highest BCUT2D eigenvalue weighted by Gasteiger charge is 2.34. The van der Waals surface area contributed by atoms with Gasteiger partial charge in [0.1, 0.15) is 11.9 Å². The molecule has 2 fully saturated rings. The molecule has 0 spiro atoms. The maximum Gasteiger partial charge on any atom is 0.243 e. The fourth-order valence-electron chi connectivity index (χ4n) is 3.92. The molecule has 1 aliphatic heterocycles. The number of hydrogen-bond acceptors (Lipinski definition) is 4. The van der Waals surface area contributed by atoms with Crippen molar-refractivity contribution in [3.05, 3.63) is 30.1 Å². The minimum absolute atomic E-state index is 0.00395. The molecule has 1 aliphatic carbocycles. The lowest BCUT2D eigenvalue weighted by atomic mass is 9.98. The third-order valence-electron chi connectivity index (χ3n) is 5.66. The standard InChI is InChI=1S/C20H28FN3O4S/c1-14(19(25)23-17-6-2-3-7-17)22-20(26)15-5-4-12-24(13-15)29(27,28)18-10-8-16(21)9-11-18/h8-11,14-15,17H,2-7,12-13H2,1H3,(H,22,26)(H,23,25)/t14-,15-/m0/s1. The van der Waals surface area contributed by atoms with E-state index in [0.29, 0.717) is 19.4 Å². The average Bonchev–Trinajstić information content (AvgIpc) is 3.21. The molecule has 3 rings (SSSR count). The van der Waals surface area contributed by atoms with Gasteiger partial charge in [0.05, 0.1) is 10.8 Å². The zero-order valence-corrected chi connectivity index (χ0v) is 17.4. The number of carbonyl (C=O) groups is 2. The second-order valence-corrected chi connectivity index (χ2v) is 9.81. The number of halogens is 1. The molecule has 1 heterocycles. The molecule has 0 aromatic heterocycles. The van der Waals surface area contributed by atoms with Crippen molar-refractivity contribution in [3.8, 4) is 0 Å². The largest absolute Gasteiger partial charge is 0.352 e. The van der Waals surface area contributed by atoms with Crippen molar-refractivity contribution in [3.63, 3.8) is 0 Å². The Labute approximate surface area is 171 Å². The Kier molecular flexibility index (Phi) is 6.89. The molecule has 1 saturated heterocycles. The molecule has 160 valence electrons. The summed E-state index contributed by atoms with van der Waals surface area (Å²) in [5.74, 6) is -1.57. The monoisotopic (exact) mass is 425 g/mol. The molecular formula is C20H28FN3O4S. The molecule has 0 radical (unpaired) electrons. The molecule has 0 unspecified atom stereocenters. The third kappa shape index (κ3) is 5.33. The van der Waals surface area contributed by atoms with Crippen molar-refractivity contribution < 1.29 is 22.4 Å². The van der Waals surface area contributed by atoms with Crippen LogP contribution >= 0.6 is 0 Å². The summed E-state index contributed by atoms with van der Waals surface area (Å²) in [6.45, 7) is 1.99. The molecule has 1 aromatic rings. The van der Waals surface area contributed by atoms with Gasteiger partial charge >= 0.3 is 0 Å². The number of rotatable bonds is 6. The van der Waals surface area contributed by atoms with Crippen LogP contribution in [-0.2, 0) is 19.6 Å². The highest BCUT2D eigenvalue weighted by Crippen LogP contribution is 2.24. The van der Waals surface area contributed by atoms with Gasteiger partial charge in [0.15, 0.2) is 0 Å². The van der Waals surface area contributed by atoms with Crippen molar-refractivity contribution in [2.24, 2.45) is 5.92 Å². The molecular weight excluding hydrogens is 397 g/mol. The third-order valence-corrected chi connectivity index (χ3v) is 7.54. The summed E-state index contributed by atoms with van der Waals surface area (Å²) in [6.07, 6.45) is 5.23. The van der Waals surface area contributed by atoms with Gasteiger partial charge in [-0.3, -0.25) is 9.59 Å². The molecule has 7 nitrogen and oxygen atoms in total. The van der Waals surface area contributed by atoms with Crippen molar-refractivity contribution in [1.29, 1.82) is 0 Å².